The molecule has 0 bridgehead atoms. The summed E-state index contributed by atoms with van der Waals surface area (Å²) in [7, 11) is 0. The van der Waals surface area contributed by atoms with Crippen molar-refractivity contribution in [1.82, 2.24) is 0 Å². The molecule has 7 nitrogen and oxygen atoms in total. The Morgan fingerprint density at radius 1 is 1.11 bits per heavy atom. The Kier molecular flexibility index (Phi) is 3.96. The molecule has 1 aliphatic rings. The number of hydrogen-bond donors (Lipinski definition) is 4. The molecule has 1 aliphatic heterocycles. The van der Waals surface area contributed by atoms with E-state index in [0.29, 0.717) is 5.56 Å². The van der Waals surface area contributed by atoms with E-state index in [1.54, 1.807) is 0 Å². The van der Waals surface area contributed by atoms with Crippen molar-refractivity contribution in [2.24, 2.45) is 0 Å². The Morgan fingerprint density at radius 2 is 1.86 bits per heavy atom. The molecular weight excluding hydrogens is 364 g/mol. The van der Waals surface area contributed by atoms with Crippen LogP contribution >= 0.6 is 0 Å². The summed E-state index contributed by atoms with van der Waals surface area (Å²) < 4.78 is 11.3. The number of fused-ring (bicyclic) bond motifs is 4. The summed E-state index contributed by atoms with van der Waals surface area (Å²) in [6.45, 7) is 3.64. The van der Waals surface area contributed by atoms with Gasteiger partial charge in [-0.05, 0) is 32.4 Å². The number of aromatic hydroxyl groups is 4. The SMILES string of the molecule is CC(C)=CCc1c(O)cc2oc3c(c(=O)c2c1O)OCc1c-3ccc(O)c1O. The minimum absolute atomic E-state index is 0.0104. The predicted octanol–water partition coefficient (Wildman–Crippen LogP) is 3.68. The molecule has 144 valence electrons. The van der Waals surface area contributed by atoms with Crippen molar-refractivity contribution in [3.8, 4) is 40.1 Å². The lowest BCUT2D eigenvalue weighted by atomic mass is 9.99. The average molecular weight is 382 g/mol. The maximum Gasteiger partial charge on any atom is 0.239 e. The molecule has 0 amide bonds. The van der Waals surface area contributed by atoms with E-state index in [0.717, 1.165) is 5.57 Å². The highest BCUT2D eigenvalue weighted by molar-refractivity contribution is 5.90. The van der Waals surface area contributed by atoms with E-state index < -0.39 is 5.43 Å². The van der Waals surface area contributed by atoms with Gasteiger partial charge in [0.1, 0.15) is 29.1 Å². The van der Waals surface area contributed by atoms with E-state index in [9.17, 15) is 25.2 Å². The number of ether oxygens (including phenoxy) is 1. The second-order valence-corrected chi connectivity index (χ2v) is 6.92. The highest BCUT2D eigenvalue weighted by Gasteiger charge is 2.29. The van der Waals surface area contributed by atoms with Crippen LogP contribution in [0.2, 0.25) is 0 Å². The quantitative estimate of drug-likeness (QED) is 0.394. The standard InChI is InChI=1S/C21H18O7/c1-9(2)3-4-11-14(23)7-15-16(18(11)25)19(26)21-20(28-15)10-5-6-13(22)17(24)12(10)8-27-21/h3,5-7,22-25H,4,8H2,1-2H3. The highest BCUT2D eigenvalue weighted by atomic mass is 16.5. The smallest absolute Gasteiger partial charge is 0.239 e. The fourth-order valence-corrected chi connectivity index (χ4v) is 3.29. The molecule has 0 aliphatic carbocycles. The van der Waals surface area contributed by atoms with Crippen molar-refractivity contribution >= 4 is 11.0 Å². The number of allylic oxidation sites excluding steroid dienone is 2. The Balaban J connectivity index is 2.01. The van der Waals surface area contributed by atoms with Gasteiger partial charge in [-0.25, -0.2) is 0 Å². The molecule has 0 radical (unpaired) electrons. The monoisotopic (exact) mass is 382 g/mol. The van der Waals surface area contributed by atoms with Gasteiger partial charge in [-0.1, -0.05) is 11.6 Å². The zero-order valence-corrected chi connectivity index (χ0v) is 15.2. The van der Waals surface area contributed by atoms with E-state index in [2.05, 4.69) is 0 Å². The molecule has 2 aromatic carbocycles. The predicted molar refractivity (Wildman–Crippen MR) is 102 cm³/mol. The largest absolute Gasteiger partial charge is 0.507 e. The van der Waals surface area contributed by atoms with Crippen LogP contribution in [0, 0.1) is 0 Å². The zero-order valence-electron chi connectivity index (χ0n) is 15.2. The lowest BCUT2D eigenvalue weighted by Gasteiger charge is -2.21. The van der Waals surface area contributed by atoms with Gasteiger partial charge in [0.15, 0.2) is 17.3 Å². The Morgan fingerprint density at radius 3 is 2.57 bits per heavy atom. The van der Waals surface area contributed by atoms with E-state index in [1.165, 1.54) is 18.2 Å². The van der Waals surface area contributed by atoms with Crippen molar-refractivity contribution in [3.05, 3.63) is 51.2 Å². The minimum Gasteiger partial charge on any atom is -0.507 e. The number of phenolic OH excluding ortho intramolecular Hbond substituents is 4. The van der Waals surface area contributed by atoms with Crippen LogP contribution in [0.25, 0.3) is 22.3 Å². The van der Waals surface area contributed by atoms with Gasteiger partial charge in [-0.2, -0.15) is 0 Å². The molecule has 3 aromatic rings. The average Bonchev–Trinajstić information content (AvgIpc) is 2.63. The Bertz CT molecular complexity index is 1210. The van der Waals surface area contributed by atoms with Crippen molar-refractivity contribution in [2.75, 3.05) is 0 Å². The number of hydrogen-bond acceptors (Lipinski definition) is 7. The molecule has 2 heterocycles. The van der Waals surface area contributed by atoms with Gasteiger partial charge >= 0.3 is 0 Å². The molecule has 0 saturated heterocycles. The Labute approximate surface area is 159 Å². The third kappa shape index (κ3) is 2.55. The second kappa shape index (κ2) is 6.23. The summed E-state index contributed by atoms with van der Waals surface area (Å²) in [4.78, 5) is 13.0. The molecule has 0 atom stereocenters. The van der Waals surface area contributed by atoms with Crippen molar-refractivity contribution < 1.29 is 29.6 Å². The normalized spacial score (nSPS) is 12.2. The Hall–Kier alpha value is -3.61. The molecule has 0 fully saturated rings. The molecule has 0 unspecified atom stereocenters. The van der Waals surface area contributed by atoms with Crippen LogP contribution in [-0.4, -0.2) is 20.4 Å². The summed E-state index contributed by atoms with van der Waals surface area (Å²) in [5.74, 6) is -1.26. The zero-order chi connectivity index (χ0) is 20.2. The van der Waals surface area contributed by atoms with E-state index in [4.69, 9.17) is 9.15 Å². The van der Waals surface area contributed by atoms with Crippen LogP contribution in [0.3, 0.4) is 0 Å². The third-order valence-corrected chi connectivity index (χ3v) is 4.78. The summed E-state index contributed by atoms with van der Waals surface area (Å²) in [5.41, 5.74) is 1.31. The lowest BCUT2D eigenvalue weighted by Crippen LogP contribution is -2.15. The summed E-state index contributed by atoms with van der Waals surface area (Å²) in [6.07, 6.45) is 2.08. The van der Waals surface area contributed by atoms with Crippen LogP contribution in [-0.2, 0) is 13.0 Å². The summed E-state index contributed by atoms with van der Waals surface area (Å²) >= 11 is 0. The third-order valence-electron chi connectivity index (χ3n) is 4.78. The first-order valence-electron chi connectivity index (χ1n) is 8.64. The molecule has 28 heavy (non-hydrogen) atoms. The fourth-order valence-electron chi connectivity index (χ4n) is 3.29. The number of rotatable bonds is 2. The molecule has 4 N–H and O–H groups in total. The van der Waals surface area contributed by atoms with Crippen LogP contribution in [0.1, 0.15) is 25.0 Å². The second-order valence-electron chi connectivity index (χ2n) is 6.92. The van der Waals surface area contributed by atoms with Crippen LogP contribution in [0.5, 0.6) is 28.7 Å². The van der Waals surface area contributed by atoms with Crippen molar-refractivity contribution in [3.63, 3.8) is 0 Å². The molecule has 1 aromatic heterocycles. The van der Waals surface area contributed by atoms with E-state index >= 15 is 0 Å². The first-order chi connectivity index (χ1) is 13.3. The van der Waals surface area contributed by atoms with E-state index in [-0.39, 0.29) is 69.6 Å². The lowest BCUT2D eigenvalue weighted by molar-refractivity contribution is 0.280. The first kappa shape index (κ1) is 17.8. The van der Waals surface area contributed by atoms with Gasteiger partial charge in [-0.3, -0.25) is 4.79 Å². The van der Waals surface area contributed by atoms with Gasteiger partial charge in [-0.15, -0.1) is 0 Å². The highest BCUT2D eigenvalue weighted by Crippen LogP contribution is 2.45. The van der Waals surface area contributed by atoms with E-state index in [1.807, 2.05) is 19.9 Å². The van der Waals surface area contributed by atoms with Crippen LogP contribution < -0.4 is 10.2 Å². The number of phenols is 4. The molecular formula is C21H18O7. The maximum absolute atomic E-state index is 13.0. The maximum atomic E-state index is 13.0. The topological polar surface area (TPSA) is 120 Å². The van der Waals surface area contributed by atoms with Crippen molar-refractivity contribution in [1.29, 1.82) is 0 Å². The van der Waals surface area contributed by atoms with Crippen molar-refractivity contribution in [2.45, 2.75) is 26.9 Å². The molecule has 0 spiro atoms. The number of benzene rings is 2. The minimum atomic E-state index is -0.578. The first-order valence-corrected chi connectivity index (χ1v) is 8.64. The molecule has 4 rings (SSSR count). The molecule has 0 saturated carbocycles. The fraction of sp³-hybridized carbons (Fsp3) is 0.190. The van der Waals surface area contributed by atoms with Crippen LogP contribution in [0.15, 0.2) is 39.1 Å². The summed E-state index contributed by atoms with van der Waals surface area (Å²) in [6, 6.07) is 4.06. The van der Waals surface area contributed by atoms with Gasteiger partial charge in [0.05, 0.1) is 0 Å². The van der Waals surface area contributed by atoms with Crippen LogP contribution in [0.4, 0.5) is 0 Å². The van der Waals surface area contributed by atoms with Gasteiger partial charge in [0.2, 0.25) is 11.2 Å². The van der Waals surface area contributed by atoms with Gasteiger partial charge in [0.25, 0.3) is 0 Å². The van der Waals surface area contributed by atoms with Gasteiger partial charge < -0.3 is 29.6 Å². The summed E-state index contributed by atoms with van der Waals surface area (Å²) in [5, 5.41) is 40.6. The van der Waals surface area contributed by atoms with Gasteiger partial charge in [0, 0.05) is 22.8 Å². The molecule has 7 heteroatoms.